The molecule has 124 valence electrons. The van der Waals surface area contributed by atoms with E-state index in [0.29, 0.717) is 35.3 Å². The van der Waals surface area contributed by atoms with Crippen LogP contribution in [0.25, 0.3) is 0 Å². The first-order valence-electron chi connectivity index (χ1n) is 8.32. The van der Waals surface area contributed by atoms with E-state index in [1.165, 1.54) is 0 Å². The molecule has 0 radical (unpaired) electrons. The maximum absolute atomic E-state index is 12.2. The molecule has 0 aromatic heterocycles. The molecule has 0 saturated heterocycles. The summed E-state index contributed by atoms with van der Waals surface area (Å²) in [5.41, 5.74) is 0.769. The Morgan fingerprint density at radius 2 is 1.87 bits per heavy atom. The Bertz CT molecular complexity index is 655. The van der Waals surface area contributed by atoms with Gasteiger partial charge < -0.3 is 4.74 Å². The summed E-state index contributed by atoms with van der Waals surface area (Å²) in [5, 5.41) is 0. The van der Waals surface area contributed by atoms with E-state index < -0.39 is 4.33 Å². The molecule has 0 amide bonds. The fourth-order valence-electron chi connectivity index (χ4n) is 5.23. The van der Waals surface area contributed by atoms with Crippen LogP contribution in [0.1, 0.15) is 37.6 Å². The van der Waals surface area contributed by atoms with Gasteiger partial charge >= 0.3 is 5.97 Å². The quantitative estimate of drug-likeness (QED) is 0.568. The lowest BCUT2D eigenvalue weighted by atomic mass is 9.80. The van der Waals surface area contributed by atoms with Crippen molar-refractivity contribution in [2.24, 2.45) is 34.5 Å². The zero-order valence-electron chi connectivity index (χ0n) is 13.7. The summed E-state index contributed by atoms with van der Waals surface area (Å²) in [6.07, 6.45) is 1.05. The van der Waals surface area contributed by atoms with Crippen molar-refractivity contribution in [2.45, 2.75) is 31.5 Å². The van der Waals surface area contributed by atoms with Crippen LogP contribution in [0.15, 0.2) is 30.3 Å². The standard InChI is InChI=1S/C19H22Cl2O2/c1-17(2)13-9-12(18(3)15(14(13)17)19(18,20)21)10-23-16(22)11-7-5-4-6-8-11/h4-8,12-15H,9-10H2,1-3H3/t12-,13-,14-,15+,18-/m1/s1. The monoisotopic (exact) mass is 352 g/mol. The number of ether oxygens (including phenoxy) is 1. The van der Waals surface area contributed by atoms with Crippen molar-refractivity contribution in [1.29, 1.82) is 0 Å². The molecule has 3 saturated carbocycles. The molecule has 0 aliphatic heterocycles. The highest BCUT2D eigenvalue weighted by Crippen LogP contribution is 2.87. The Morgan fingerprint density at radius 1 is 1.22 bits per heavy atom. The fourth-order valence-corrected chi connectivity index (χ4v) is 6.39. The number of alkyl halides is 2. The second kappa shape index (κ2) is 4.67. The summed E-state index contributed by atoms with van der Waals surface area (Å²) in [7, 11) is 0. The lowest BCUT2D eigenvalue weighted by Gasteiger charge is -2.28. The molecule has 3 aliphatic rings. The number of fused-ring (bicyclic) bond motifs is 3. The third kappa shape index (κ3) is 1.97. The largest absolute Gasteiger partial charge is 0.462 e. The maximum Gasteiger partial charge on any atom is 0.338 e. The summed E-state index contributed by atoms with van der Waals surface area (Å²) in [6, 6.07) is 9.12. The van der Waals surface area contributed by atoms with Gasteiger partial charge in [-0.2, -0.15) is 0 Å². The molecule has 0 heterocycles. The predicted molar refractivity (Wildman–Crippen MR) is 91.6 cm³/mol. The molecule has 0 bridgehead atoms. The second-order valence-corrected chi connectivity index (χ2v) is 9.62. The third-order valence-corrected chi connectivity index (χ3v) is 8.27. The molecule has 23 heavy (non-hydrogen) atoms. The average Bonchev–Trinajstić information content (AvgIpc) is 3.23. The summed E-state index contributed by atoms with van der Waals surface area (Å²) in [4.78, 5) is 12.2. The van der Waals surface area contributed by atoms with Crippen LogP contribution in [0.4, 0.5) is 0 Å². The molecule has 1 aromatic rings. The molecule has 5 atom stereocenters. The van der Waals surface area contributed by atoms with Gasteiger partial charge in [-0.25, -0.2) is 4.79 Å². The number of carbonyl (C=O) groups excluding carboxylic acids is 1. The van der Waals surface area contributed by atoms with Gasteiger partial charge in [-0.15, -0.1) is 23.2 Å². The lowest BCUT2D eigenvalue weighted by Crippen LogP contribution is -2.28. The first-order chi connectivity index (χ1) is 10.7. The summed E-state index contributed by atoms with van der Waals surface area (Å²) in [6.45, 7) is 7.19. The zero-order valence-corrected chi connectivity index (χ0v) is 15.2. The number of rotatable bonds is 3. The van der Waals surface area contributed by atoms with E-state index >= 15 is 0 Å². The minimum absolute atomic E-state index is 0.137. The number of hydrogen-bond donors (Lipinski definition) is 0. The molecule has 0 unspecified atom stereocenters. The Hall–Kier alpha value is -0.730. The molecule has 2 nitrogen and oxygen atoms in total. The Labute approximate surface area is 147 Å². The number of hydrogen-bond acceptors (Lipinski definition) is 2. The molecule has 3 fully saturated rings. The highest BCUT2D eigenvalue weighted by atomic mass is 35.5. The van der Waals surface area contributed by atoms with Gasteiger partial charge in [0.2, 0.25) is 0 Å². The third-order valence-electron chi connectivity index (χ3n) is 6.98. The Balaban J connectivity index is 1.49. The first kappa shape index (κ1) is 15.8. The van der Waals surface area contributed by atoms with Crippen molar-refractivity contribution in [3.05, 3.63) is 35.9 Å². The van der Waals surface area contributed by atoms with Crippen LogP contribution in [-0.2, 0) is 4.74 Å². The maximum atomic E-state index is 12.2. The molecular weight excluding hydrogens is 331 g/mol. The first-order valence-corrected chi connectivity index (χ1v) is 9.08. The van der Waals surface area contributed by atoms with Gasteiger partial charge in [0.1, 0.15) is 4.33 Å². The molecule has 1 aromatic carbocycles. The van der Waals surface area contributed by atoms with E-state index in [4.69, 9.17) is 27.9 Å². The van der Waals surface area contributed by atoms with E-state index in [-0.39, 0.29) is 17.3 Å². The topological polar surface area (TPSA) is 26.3 Å². The van der Waals surface area contributed by atoms with Crippen LogP contribution < -0.4 is 0 Å². The van der Waals surface area contributed by atoms with Crippen LogP contribution in [0, 0.1) is 34.5 Å². The van der Waals surface area contributed by atoms with E-state index in [9.17, 15) is 4.79 Å². The number of benzene rings is 1. The molecule has 3 aliphatic carbocycles. The van der Waals surface area contributed by atoms with E-state index in [1.54, 1.807) is 12.1 Å². The molecule has 0 spiro atoms. The van der Waals surface area contributed by atoms with Crippen LogP contribution in [0.3, 0.4) is 0 Å². The van der Waals surface area contributed by atoms with Crippen molar-refractivity contribution in [3.8, 4) is 0 Å². The van der Waals surface area contributed by atoms with Crippen LogP contribution in [0.2, 0.25) is 0 Å². The SMILES string of the molecule is CC1(C)[C@@H]2[C@H]1C[C@H](COC(=O)c1ccccc1)[C@]1(C)[C@H]2C1(Cl)Cl. The molecule has 4 heteroatoms. The van der Waals surface area contributed by atoms with Gasteiger partial charge in [0, 0.05) is 17.3 Å². The van der Waals surface area contributed by atoms with Gasteiger partial charge in [-0.05, 0) is 35.8 Å². The highest BCUT2D eigenvalue weighted by molar-refractivity contribution is 6.52. The van der Waals surface area contributed by atoms with Gasteiger partial charge in [0.25, 0.3) is 0 Å². The van der Waals surface area contributed by atoms with Crippen LogP contribution in [-0.4, -0.2) is 16.9 Å². The minimum atomic E-state index is -0.677. The average molecular weight is 353 g/mol. The van der Waals surface area contributed by atoms with Crippen molar-refractivity contribution in [3.63, 3.8) is 0 Å². The van der Waals surface area contributed by atoms with E-state index in [2.05, 4.69) is 20.8 Å². The second-order valence-electron chi connectivity index (χ2n) is 8.23. The number of esters is 1. The van der Waals surface area contributed by atoms with E-state index in [1.807, 2.05) is 18.2 Å². The summed E-state index contributed by atoms with van der Waals surface area (Å²) >= 11 is 13.3. The summed E-state index contributed by atoms with van der Waals surface area (Å²) < 4.78 is 4.93. The van der Waals surface area contributed by atoms with Crippen molar-refractivity contribution >= 4 is 29.2 Å². The van der Waals surface area contributed by atoms with E-state index in [0.717, 1.165) is 6.42 Å². The van der Waals surface area contributed by atoms with Crippen LogP contribution in [0.5, 0.6) is 0 Å². The van der Waals surface area contributed by atoms with Gasteiger partial charge in [0.05, 0.1) is 12.2 Å². The molecular formula is C19H22Cl2O2. The van der Waals surface area contributed by atoms with Crippen LogP contribution >= 0.6 is 23.2 Å². The lowest BCUT2D eigenvalue weighted by molar-refractivity contribution is 0.0322. The van der Waals surface area contributed by atoms with Crippen molar-refractivity contribution in [2.75, 3.05) is 6.61 Å². The predicted octanol–water partition coefficient (Wildman–Crippen LogP) is 4.95. The smallest absolute Gasteiger partial charge is 0.338 e. The van der Waals surface area contributed by atoms with Gasteiger partial charge in [-0.1, -0.05) is 39.0 Å². The van der Waals surface area contributed by atoms with Crippen molar-refractivity contribution in [1.82, 2.24) is 0 Å². The van der Waals surface area contributed by atoms with Crippen molar-refractivity contribution < 1.29 is 9.53 Å². The van der Waals surface area contributed by atoms with Gasteiger partial charge in [-0.3, -0.25) is 0 Å². The normalized spacial score (nSPS) is 41.4. The number of halogens is 2. The molecule has 0 N–H and O–H groups in total. The zero-order chi connectivity index (χ0) is 16.6. The fraction of sp³-hybridized carbons (Fsp3) is 0.632. The Kier molecular flexibility index (Phi) is 3.20. The van der Waals surface area contributed by atoms with Gasteiger partial charge in [0.15, 0.2) is 0 Å². The minimum Gasteiger partial charge on any atom is -0.462 e. The number of carbonyl (C=O) groups is 1. The molecule has 4 rings (SSSR count). The highest BCUT2D eigenvalue weighted by Gasteiger charge is 2.86. The summed E-state index contributed by atoms with van der Waals surface area (Å²) in [5.74, 6) is 1.56. The Morgan fingerprint density at radius 3 is 2.52 bits per heavy atom.